The molecular formula is C10H7ClO2S. The molecule has 0 amide bonds. The molecule has 1 aromatic heterocycles. The lowest BCUT2D eigenvalue weighted by Crippen LogP contribution is -1.88. The molecule has 0 bridgehead atoms. The third-order valence-electron chi connectivity index (χ3n) is 2.10. The number of halogens is 1. The quantitative estimate of drug-likeness (QED) is 0.631. The van der Waals surface area contributed by atoms with Gasteiger partial charge in [0.05, 0.1) is 0 Å². The maximum absolute atomic E-state index is 10.7. The van der Waals surface area contributed by atoms with Gasteiger partial charge in [-0.05, 0) is 23.8 Å². The standard InChI is InChI=1S/C10H7ClO2S/c11-4-8-6(5-12)1-2-9-7(8)3-10(13)14-9/h1-3,5,13H,4H2. The Labute approximate surface area is 89.7 Å². The van der Waals surface area contributed by atoms with Gasteiger partial charge in [-0.3, -0.25) is 4.79 Å². The molecule has 0 aliphatic carbocycles. The number of rotatable bonds is 2. The van der Waals surface area contributed by atoms with E-state index in [4.69, 9.17) is 11.6 Å². The summed E-state index contributed by atoms with van der Waals surface area (Å²) < 4.78 is 0.948. The van der Waals surface area contributed by atoms with Crippen LogP contribution in [0.2, 0.25) is 0 Å². The van der Waals surface area contributed by atoms with E-state index in [2.05, 4.69) is 0 Å². The summed E-state index contributed by atoms with van der Waals surface area (Å²) in [7, 11) is 0. The highest BCUT2D eigenvalue weighted by Crippen LogP contribution is 2.34. The summed E-state index contributed by atoms with van der Waals surface area (Å²) in [4.78, 5) is 10.7. The van der Waals surface area contributed by atoms with Crippen molar-refractivity contribution in [2.45, 2.75) is 5.88 Å². The zero-order valence-electron chi connectivity index (χ0n) is 7.16. The lowest BCUT2D eigenvalue weighted by atomic mass is 10.1. The molecule has 1 aromatic carbocycles. The molecule has 0 fully saturated rings. The van der Waals surface area contributed by atoms with Gasteiger partial charge >= 0.3 is 0 Å². The second-order valence-electron chi connectivity index (χ2n) is 2.88. The average molecular weight is 227 g/mol. The molecule has 72 valence electrons. The van der Waals surface area contributed by atoms with Crippen LogP contribution in [0.25, 0.3) is 10.1 Å². The minimum absolute atomic E-state index is 0.245. The molecular weight excluding hydrogens is 220 g/mol. The second-order valence-corrected chi connectivity index (χ2v) is 4.21. The van der Waals surface area contributed by atoms with Crippen molar-refractivity contribution in [2.24, 2.45) is 0 Å². The van der Waals surface area contributed by atoms with Crippen molar-refractivity contribution in [3.8, 4) is 5.06 Å². The predicted molar refractivity (Wildman–Crippen MR) is 58.4 cm³/mol. The monoisotopic (exact) mass is 226 g/mol. The summed E-state index contributed by atoms with van der Waals surface area (Å²) in [5.74, 6) is 0.279. The zero-order valence-corrected chi connectivity index (χ0v) is 8.73. The Morgan fingerprint density at radius 2 is 2.29 bits per heavy atom. The number of aromatic hydroxyl groups is 1. The van der Waals surface area contributed by atoms with E-state index in [0.717, 1.165) is 21.9 Å². The number of thiophene rings is 1. The first-order valence-electron chi connectivity index (χ1n) is 4.02. The Kier molecular flexibility index (Phi) is 2.44. The van der Waals surface area contributed by atoms with Crippen LogP contribution in [0.5, 0.6) is 5.06 Å². The molecule has 0 aliphatic heterocycles. The topological polar surface area (TPSA) is 37.3 Å². The summed E-state index contributed by atoms with van der Waals surface area (Å²) in [6, 6.07) is 5.19. The van der Waals surface area contributed by atoms with Crippen LogP contribution >= 0.6 is 22.9 Å². The van der Waals surface area contributed by atoms with Crippen molar-refractivity contribution < 1.29 is 9.90 Å². The fourth-order valence-corrected chi connectivity index (χ4v) is 2.56. The van der Waals surface area contributed by atoms with Crippen molar-refractivity contribution >= 4 is 39.3 Å². The Morgan fingerprint density at radius 3 is 2.93 bits per heavy atom. The molecule has 0 saturated heterocycles. The second kappa shape index (κ2) is 3.59. The summed E-state index contributed by atoms with van der Waals surface area (Å²) >= 11 is 7.05. The van der Waals surface area contributed by atoms with E-state index < -0.39 is 0 Å². The smallest absolute Gasteiger partial charge is 0.172 e. The average Bonchev–Trinajstić information content (AvgIpc) is 2.56. The lowest BCUT2D eigenvalue weighted by molar-refractivity contribution is 0.112. The van der Waals surface area contributed by atoms with Gasteiger partial charge in [-0.25, -0.2) is 0 Å². The number of alkyl halides is 1. The highest BCUT2D eigenvalue weighted by atomic mass is 35.5. The van der Waals surface area contributed by atoms with E-state index in [-0.39, 0.29) is 10.9 Å². The van der Waals surface area contributed by atoms with Gasteiger partial charge in [0.25, 0.3) is 0 Å². The van der Waals surface area contributed by atoms with E-state index in [1.807, 2.05) is 6.07 Å². The Balaban J connectivity index is 2.82. The number of carbonyl (C=O) groups excluding carboxylic acids is 1. The summed E-state index contributed by atoms with van der Waals surface area (Å²) in [5.41, 5.74) is 1.38. The first-order valence-corrected chi connectivity index (χ1v) is 5.37. The third kappa shape index (κ3) is 1.38. The van der Waals surface area contributed by atoms with Gasteiger partial charge in [0.1, 0.15) is 6.29 Å². The molecule has 14 heavy (non-hydrogen) atoms. The molecule has 0 aliphatic rings. The first kappa shape index (κ1) is 9.49. The van der Waals surface area contributed by atoms with Crippen LogP contribution in [0.3, 0.4) is 0 Å². The number of fused-ring (bicyclic) bond motifs is 1. The fraction of sp³-hybridized carbons (Fsp3) is 0.100. The third-order valence-corrected chi connectivity index (χ3v) is 3.27. The summed E-state index contributed by atoms with van der Waals surface area (Å²) in [5, 5.41) is 10.4. The predicted octanol–water partition coefficient (Wildman–Crippen LogP) is 3.16. The number of hydrogen-bond acceptors (Lipinski definition) is 3. The van der Waals surface area contributed by atoms with Crippen molar-refractivity contribution in [1.29, 1.82) is 0 Å². The van der Waals surface area contributed by atoms with Gasteiger partial charge in [0.15, 0.2) is 5.06 Å². The van der Waals surface area contributed by atoms with Crippen LogP contribution in [0.15, 0.2) is 18.2 Å². The number of carbonyl (C=O) groups is 1. The van der Waals surface area contributed by atoms with Crippen molar-refractivity contribution in [3.05, 3.63) is 29.3 Å². The van der Waals surface area contributed by atoms with Gasteiger partial charge in [-0.2, -0.15) is 0 Å². The number of benzene rings is 1. The normalized spacial score (nSPS) is 10.6. The molecule has 0 saturated carbocycles. The minimum Gasteiger partial charge on any atom is -0.499 e. The van der Waals surface area contributed by atoms with Crippen molar-refractivity contribution in [2.75, 3.05) is 0 Å². The maximum Gasteiger partial charge on any atom is 0.172 e. The van der Waals surface area contributed by atoms with Crippen LogP contribution < -0.4 is 0 Å². The Morgan fingerprint density at radius 1 is 1.50 bits per heavy atom. The van der Waals surface area contributed by atoms with E-state index >= 15 is 0 Å². The Bertz CT molecular complexity index is 490. The van der Waals surface area contributed by atoms with Gasteiger partial charge < -0.3 is 5.11 Å². The van der Waals surface area contributed by atoms with Crippen LogP contribution in [0.1, 0.15) is 15.9 Å². The van der Waals surface area contributed by atoms with E-state index in [0.29, 0.717) is 5.56 Å². The zero-order chi connectivity index (χ0) is 10.1. The molecule has 4 heteroatoms. The summed E-state index contributed by atoms with van der Waals surface area (Å²) in [6.45, 7) is 0. The van der Waals surface area contributed by atoms with Gasteiger partial charge in [-0.15, -0.1) is 11.6 Å². The van der Waals surface area contributed by atoms with E-state index in [1.54, 1.807) is 12.1 Å². The number of aldehydes is 1. The Hall–Kier alpha value is -1.06. The highest BCUT2D eigenvalue weighted by Gasteiger charge is 2.09. The van der Waals surface area contributed by atoms with E-state index in [9.17, 15) is 9.90 Å². The van der Waals surface area contributed by atoms with E-state index in [1.165, 1.54) is 11.3 Å². The molecule has 2 rings (SSSR count). The molecule has 0 atom stereocenters. The van der Waals surface area contributed by atoms with Crippen molar-refractivity contribution in [1.82, 2.24) is 0 Å². The van der Waals surface area contributed by atoms with Crippen LogP contribution in [0, 0.1) is 0 Å². The highest BCUT2D eigenvalue weighted by molar-refractivity contribution is 7.20. The van der Waals surface area contributed by atoms with Gasteiger partial charge in [0, 0.05) is 21.5 Å². The van der Waals surface area contributed by atoms with Crippen molar-refractivity contribution in [3.63, 3.8) is 0 Å². The first-order chi connectivity index (χ1) is 6.76. The van der Waals surface area contributed by atoms with Crippen LogP contribution in [-0.2, 0) is 5.88 Å². The molecule has 1 heterocycles. The van der Waals surface area contributed by atoms with Crippen LogP contribution in [-0.4, -0.2) is 11.4 Å². The molecule has 2 nitrogen and oxygen atoms in total. The van der Waals surface area contributed by atoms with Gasteiger partial charge in [-0.1, -0.05) is 11.3 Å². The number of hydrogen-bond donors (Lipinski definition) is 1. The largest absolute Gasteiger partial charge is 0.499 e. The fourth-order valence-electron chi connectivity index (χ4n) is 1.43. The van der Waals surface area contributed by atoms with Gasteiger partial charge in [0.2, 0.25) is 0 Å². The maximum atomic E-state index is 10.7. The summed E-state index contributed by atoms with van der Waals surface area (Å²) in [6.07, 6.45) is 0.784. The lowest BCUT2D eigenvalue weighted by Gasteiger charge is -2.01. The SMILES string of the molecule is O=Cc1ccc2sc(O)cc2c1CCl. The minimum atomic E-state index is 0.245. The molecule has 1 N–H and O–H groups in total. The molecule has 2 aromatic rings. The molecule has 0 spiro atoms. The molecule has 0 radical (unpaired) electrons. The molecule has 0 unspecified atom stereocenters. The van der Waals surface area contributed by atoms with Crippen LogP contribution in [0.4, 0.5) is 0 Å².